The first kappa shape index (κ1) is 13.1. The summed E-state index contributed by atoms with van der Waals surface area (Å²) in [5.74, 6) is -3.83. The van der Waals surface area contributed by atoms with E-state index in [1.54, 1.807) is 0 Å². The highest BCUT2D eigenvalue weighted by Gasteiger charge is 2.23. The molecule has 18 heavy (non-hydrogen) atoms. The van der Waals surface area contributed by atoms with Crippen LogP contribution in [0.15, 0.2) is 12.1 Å². The minimum Gasteiger partial charge on any atom is -0.381 e. The summed E-state index contributed by atoms with van der Waals surface area (Å²) in [5, 5.41) is 0. The molecule has 0 atom stereocenters. The lowest BCUT2D eigenvalue weighted by Gasteiger charge is -2.21. The summed E-state index contributed by atoms with van der Waals surface area (Å²) >= 11 is 0. The minimum atomic E-state index is -1.13. The number of hydrogen-bond donors (Lipinski definition) is 0. The van der Waals surface area contributed by atoms with Gasteiger partial charge in [0.1, 0.15) is 17.5 Å². The Labute approximate surface area is 103 Å². The van der Waals surface area contributed by atoms with Crippen molar-refractivity contribution in [3.63, 3.8) is 0 Å². The molecule has 2 nitrogen and oxygen atoms in total. The molecule has 2 rings (SSSR count). The van der Waals surface area contributed by atoms with E-state index in [0.29, 0.717) is 38.2 Å². The molecule has 1 fully saturated rings. The highest BCUT2D eigenvalue weighted by atomic mass is 19.1. The Hall–Kier alpha value is -1.36. The Kier molecular flexibility index (Phi) is 4.01. The van der Waals surface area contributed by atoms with Crippen molar-refractivity contribution >= 4 is 5.78 Å². The van der Waals surface area contributed by atoms with Crippen molar-refractivity contribution in [2.24, 2.45) is 5.92 Å². The second-order valence-corrected chi connectivity index (χ2v) is 4.43. The number of ketones is 1. The average Bonchev–Trinajstić information content (AvgIpc) is 2.28. The number of carbonyl (C=O) groups is 1. The smallest absolute Gasteiger partial charge is 0.169 e. The van der Waals surface area contributed by atoms with Gasteiger partial charge in [0.2, 0.25) is 0 Å². The van der Waals surface area contributed by atoms with Gasteiger partial charge in [-0.3, -0.25) is 4.79 Å². The van der Waals surface area contributed by atoms with Crippen LogP contribution in [0.5, 0.6) is 0 Å². The zero-order valence-corrected chi connectivity index (χ0v) is 9.72. The molecule has 1 aliphatic heterocycles. The first-order chi connectivity index (χ1) is 8.58. The third-order valence-corrected chi connectivity index (χ3v) is 3.10. The average molecular weight is 258 g/mol. The van der Waals surface area contributed by atoms with Gasteiger partial charge in [0.05, 0.1) is 5.56 Å². The van der Waals surface area contributed by atoms with Crippen LogP contribution in [0.4, 0.5) is 13.2 Å². The lowest BCUT2D eigenvalue weighted by Crippen LogP contribution is -2.20. The summed E-state index contributed by atoms with van der Waals surface area (Å²) in [6, 6.07) is 1.06. The monoisotopic (exact) mass is 258 g/mol. The van der Waals surface area contributed by atoms with Crippen molar-refractivity contribution in [2.45, 2.75) is 19.3 Å². The molecule has 5 heteroatoms. The molecule has 1 aromatic rings. The molecule has 0 bridgehead atoms. The van der Waals surface area contributed by atoms with Crippen LogP contribution in [0.25, 0.3) is 0 Å². The first-order valence-corrected chi connectivity index (χ1v) is 5.83. The molecule has 0 aliphatic carbocycles. The van der Waals surface area contributed by atoms with Gasteiger partial charge in [-0.05, 0) is 18.8 Å². The summed E-state index contributed by atoms with van der Waals surface area (Å²) < 4.78 is 44.6. The Morgan fingerprint density at radius 1 is 1.17 bits per heavy atom. The van der Waals surface area contributed by atoms with E-state index in [1.807, 2.05) is 0 Å². The maximum atomic E-state index is 13.4. The quantitative estimate of drug-likeness (QED) is 0.779. The van der Waals surface area contributed by atoms with E-state index in [2.05, 4.69) is 0 Å². The number of Topliss-reactive ketones (excluding diaryl/α,β-unsaturated/α-hetero) is 1. The van der Waals surface area contributed by atoms with E-state index in [0.717, 1.165) is 0 Å². The number of benzene rings is 1. The third kappa shape index (κ3) is 2.90. The second kappa shape index (κ2) is 5.52. The molecule has 1 aromatic carbocycles. The summed E-state index contributed by atoms with van der Waals surface area (Å²) in [6.07, 6.45) is 1.48. The molecule has 98 valence electrons. The lowest BCUT2D eigenvalue weighted by atomic mass is 9.91. The lowest BCUT2D eigenvalue weighted by molar-refractivity contribution is 0.0599. The van der Waals surface area contributed by atoms with Crippen LogP contribution >= 0.6 is 0 Å². The van der Waals surface area contributed by atoms with Crippen LogP contribution in [-0.4, -0.2) is 19.0 Å². The molecule has 0 amide bonds. The van der Waals surface area contributed by atoms with Gasteiger partial charge in [-0.2, -0.15) is 0 Å². The van der Waals surface area contributed by atoms with Gasteiger partial charge in [0.25, 0.3) is 0 Å². The Morgan fingerprint density at radius 2 is 1.72 bits per heavy atom. The Balaban J connectivity index is 2.13. The van der Waals surface area contributed by atoms with E-state index in [1.165, 1.54) is 0 Å². The topological polar surface area (TPSA) is 26.3 Å². The predicted octanol–water partition coefficient (Wildman–Crippen LogP) is 3.10. The molecule has 0 spiro atoms. The van der Waals surface area contributed by atoms with E-state index < -0.39 is 28.8 Å². The van der Waals surface area contributed by atoms with Gasteiger partial charge < -0.3 is 4.74 Å². The van der Waals surface area contributed by atoms with Crippen molar-refractivity contribution in [1.29, 1.82) is 0 Å². The largest absolute Gasteiger partial charge is 0.381 e. The predicted molar refractivity (Wildman–Crippen MR) is 58.8 cm³/mol. The van der Waals surface area contributed by atoms with E-state index >= 15 is 0 Å². The van der Waals surface area contributed by atoms with Crippen molar-refractivity contribution in [3.05, 3.63) is 35.1 Å². The van der Waals surface area contributed by atoms with Crippen molar-refractivity contribution in [3.8, 4) is 0 Å². The van der Waals surface area contributed by atoms with Crippen molar-refractivity contribution in [2.75, 3.05) is 13.2 Å². The fourth-order valence-electron chi connectivity index (χ4n) is 2.12. The van der Waals surface area contributed by atoms with Gasteiger partial charge in [0.15, 0.2) is 5.78 Å². The molecular formula is C13H13F3O2. The molecule has 1 aliphatic rings. The van der Waals surface area contributed by atoms with E-state index in [9.17, 15) is 18.0 Å². The molecule has 0 N–H and O–H groups in total. The number of halogens is 3. The third-order valence-electron chi connectivity index (χ3n) is 3.10. The highest BCUT2D eigenvalue weighted by molar-refractivity contribution is 5.96. The zero-order valence-electron chi connectivity index (χ0n) is 9.72. The first-order valence-electron chi connectivity index (χ1n) is 5.83. The van der Waals surface area contributed by atoms with E-state index in [-0.39, 0.29) is 12.3 Å². The highest BCUT2D eigenvalue weighted by Crippen LogP contribution is 2.23. The van der Waals surface area contributed by atoms with Crippen LogP contribution in [-0.2, 0) is 4.74 Å². The number of hydrogen-bond acceptors (Lipinski definition) is 2. The second-order valence-electron chi connectivity index (χ2n) is 4.43. The maximum absolute atomic E-state index is 13.4. The molecular weight excluding hydrogens is 245 g/mol. The van der Waals surface area contributed by atoms with Crippen molar-refractivity contribution in [1.82, 2.24) is 0 Å². The maximum Gasteiger partial charge on any atom is 0.169 e. The number of rotatable bonds is 3. The van der Waals surface area contributed by atoms with Crippen LogP contribution in [0.2, 0.25) is 0 Å². The SMILES string of the molecule is O=C(CC1CCOCC1)c1c(F)cc(F)cc1F. The van der Waals surface area contributed by atoms with Gasteiger partial charge in [0, 0.05) is 31.8 Å². The van der Waals surface area contributed by atoms with E-state index in [4.69, 9.17) is 4.74 Å². The summed E-state index contributed by atoms with van der Waals surface area (Å²) in [7, 11) is 0. The van der Waals surface area contributed by atoms with Crippen LogP contribution in [0, 0.1) is 23.4 Å². The number of ether oxygens (including phenoxy) is 1. The fraction of sp³-hybridized carbons (Fsp3) is 0.462. The normalized spacial score (nSPS) is 16.8. The van der Waals surface area contributed by atoms with Crippen LogP contribution in [0.3, 0.4) is 0 Å². The summed E-state index contributed by atoms with van der Waals surface area (Å²) in [4.78, 5) is 11.8. The molecule has 0 saturated carbocycles. The molecule has 0 aromatic heterocycles. The molecule has 0 unspecified atom stereocenters. The van der Waals surface area contributed by atoms with Crippen LogP contribution < -0.4 is 0 Å². The molecule has 1 saturated heterocycles. The molecule has 1 heterocycles. The zero-order chi connectivity index (χ0) is 13.1. The van der Waals surface area contributed by atoms with Gasteiger partial charge in [-0.25, -0.2) is 13.2 Å². The number of carbonyl (C=O) groups excluding carboxylic acids is 1. The van der Waals surface area contributed by atoms with Gasteiger partial charge in [-0.1, -0.05) is 0 Å². The van der Waals surface area contributed by atoms with Gasteiger partial charge in [-0.15, -0.1) is 0 Å². The van der Waals surface area contributed by atoms with Gasteiger partial charge >= 0.3 is 0 Å². The van der Waals surface area contributed by atoms with Crippen molar-refractivity contribution < 1.29 is 22.7 Å². The fourth-order valence-corrected chi connectivity index (χ4v) is 2.12. The minimum absolute atomic E-state index is 0.0723. The Morgan fingerprint density at radius 3 is 2.28 bits per heavy atom. The standard InChI is InChI=1S/C13H13F3O2/c14-9-6-10(15)13(11(16)7-9)12(17)5-8-1-3-18-4-2-8/h6-8H,1-5H2. The Bertz CT molecular complexity index is 431. The molecule has 0 radical (unpaired) electrons. The summed E-state index contributed by atoms with van der Waals surface area (Å²) in [6.45, 7) is 1.12. The summed E-state index contributed by atoms with van der Waals surface area (Å²) in [5.41, 5.74) is -0.636. The van der Waals surface area contributed by atoms with Crippen LogP contribution in [0.1, 0.15) is 29.6 Å².